The SMILES string of the molecule is CCCCN(CC(=O)NCC(=O)Nc1ccc(OC)cc1)C(=O)C1CCCCC1. The van der Waals surface area contributed by atoms with Gasteiger partial charge >= 0.3 is 0 Å². The third-order valence-electron chi connectivity index (χ3n) is 5.20. The molecule has 0 spiro atoms. The molecule has 0 atom stereocenters. The maximum Gasteiger partial charge on any atom is 0.243 e. The monoisotopic (exact) mass is 403 g/mol. The number of benzene rings is 1. The molecule has 2 rings (SSSR count). The van der Waals surface area contributed by atoms with Crippen LogP contribution in [0.2, 0.25) is 0 Å². The van der Waals surface area contributed by atoms with Crippen molar-refractivity contribution in [2.75, 3.05) is 32.1 Å². The summed E-state index contributed by atoms with van der Waals surface area (Å²) >= 11 is 0. The predicted molar refractivity (Wildman–Crippen MR) is 113 cm³/mol. The van der Waals surface area contributed by atoms with Crippen molar-refractivity contribution in [1.29, 1.82) is 0 Å². The van der Waals surface area contributed by atoms with Crippen LogP contribution in [0, 0.1) is 5.92 Å². The molecule has 0 aromatic heterocycles. The number of amides is 3. The maximum absolute atomic E-state index is 12.8. The first-order chi connectivity index (χ1) is 14.0. The molecule has 1 aromatic rings. The molecule has 29 heavy (non-hydrogen) atoms. The van der Waals surface area contributed by atoms with Crippen LogP contribution in [-0.2, 0) is 14.4 Å². The van der Waals surface area contributed by atoms with E-state index in [2.05, 4.69) is 17.6 Å². The summed E-state index contributed by atoms with van der Waals surface area (Å²) in [4.78, 5) is 38.9. The number of carbonyl (C=O) groups is 3. The van der Waals surface area contributed by atoms with E-state index in [-0.39, 0.29) is 36.7 Å². The molecule has 1 aromatic carbocycles. The van der Waals surface area contributed by atoms with Crippen LogP contribution < -0.4 is 15.4 Å². The Balaban J connectivity index is 1.81. The third kappa shape index (κ3) is 7.75. The molecule has 0 unspecified atom stereocenters. The third-order valence-corrected chi connectivity index (χ3v) is 5.20. The lowest BCUT2D eigenvalue weighted by Crippen LogP contribution is -2.45. The van der Waals surface area contributed by atoms with Crippen LogP contribution >= 0.6 is 0 Å². The van der Waals surface area contributed by atoms with Gasteiger partial charge in [0.05, 0.1) is 20.2 Å². The standard InChI is InChI=1S/C22H33N3O4/c1-3-4-14-25(22(28)17-8-6-5-7-9-17)16-21(27)23-15-20(26)24-18-10-12-19(29-2)13-11-18/h10-13,17H,3-9,14-16H2,1-2H3,(H,23,27)(H,24,26). The zero-order valence-electron chi connectivity index (χ0n) is 17.5. The van der Waals surface area contributed by atoms with Gasteiger partial charge in [0, 0.05) is 18.2 Å². The first-order valence-electron chi connectivity index (χ1n) is 10.5. The van der Waals surface area contributed by atoms with Crippen LogP contribution in [0.25, 0.3) is 0 Å². The second-order valence-corrected chi connectivity index (χ2v) is 7.50. The molecular weight excluding hydrogens is 370 g/mol. The number of nitrogens with one attached hydrogen (secondary N) is 2. The molecule has 2 N–H and O–H groups in total. The predicted octanol–water partition coefficient (Wildman–Crippen LogP) is 2.96. The molecule has 1 aliphatic carbocycles. The minimum atomic E-state index is -0.317. The van der Waals surface area contributed by atoms with E-state index in [1.165, 1.54) is 6.42 Å². The molecule has 0 aliphatic heterocycles. The van der Waals surface area contributed by atoms with E-state index in [4.69, 9.17) is 4.74 Å². The largest absolute Gasteiger partial charge is 0.497 e. The van der Waals surface area contributed by atoms with E-state index in [0.29, 0.717) is 18.0 Å². The first-order valence-corrected chi connectivity index (χ1v) is 10.5. The quantitative estimate of drug-likeness (QED) is 0.629. The van der Waals surface area contributed by atoms with E-state index >= 15 is 0 Å². The molecule has 3 amide bonds. The molecule has 1 fully saturated rings. The lowest BCUT2D eigenvalue weighted by molar-refractivity contribution is -0.140. The zero-order chi connectivity index (χ0) is 21.1. The highest BCUT2D eigenvalue weighted by Gasteiger charge is 2.27. The molecule has 7 heteroatoms. The van der Waals surface area contributed by atoms with E-state index < -0.39 is 0 Å². The first kappa shape index (κ1) is 22.7. The van der Waals surface area contributed by atoms with Crippen molar-refractivity contribution in [3.05, 3.63) is 24.3 Å². The molecule has 0 heterocycles. The Morgan fingerprint density at radius 1 is 1.07 bits per heavy atom. The normalized spacial score (nSPS) is 14.1. The van der Waals surface area contributed by atoms with Crippen molar-refractivity contribution in [3.8, 4) is 5.75 Å². The minimum Gasteiger partial charge on any atom is -0.497 e. The Bertz CT molecular complexity index is 669. The van der Waals surface area contributed by atoms with Gasteiger partial charge in [-0.3, -0.25) is 14.4 Å². The van der Waals surface area contributed by atoms with Gasteiger partial charge in [-0.05, 0) is 43.5 Å². The number of ether oxygens (including phenoxy) is 1. The van der Waals surface area contributed by atoms with E-state index in [0.717, 1.165) is 38.5 Å². The fourth-order valence-electron chi connectivity index (χ4n) is 3.51. The highest BCUT2D eigenvalue weighted by molar-refractivity contribution is 5.95. The highest BCUT2D eigenvalue weighted by atomic mass is 16.5. The number of unbranched alkanes of at least 4 members (excludes halogenated alkanes) is 1. The molecular formula is C22H33N3O4. The topological polar surface area (TPSA) is 87.7 Å². The summed E-state index contributed by atoms with van der Waals surface area (Å²) < 4.78 is 5.08. The number of hydrogen-bond acceptors (Lipinski definition) is 4. The molecule has 1 saturated carbocycles. The van der Waals surface area contributed by atoms with E-state index in [9.17, 15) is 14.4 Å². The Morgan fingerprint density at radius 2 is 1.76 bits per heavy atom. The Morgan fingerprint density at radius 3 is 2.38 bits per heavy atom. The van der Waals surface area contributed by atoms with Gasteiger partial charge in [0.1, 0.15) is 5.75 Å². The number of anilines is 1. The van der Waals surface area contributed by atoms with E-state index in [1.807, 2.05) is 0 Å². The lowest BCUT2D eigenvalue weighted by atomic mass is 9.88. The summed E-state index contributed by atoms with van der Waals surface area (Å²) in [6, 6.07) is 6.95. The van der Waals surface area contributed by atoms with Crippen LogP contribution in [0.4, 0.5) is 5.69 Å². The van der Waals surface area contributed by atoms with Crippen molar-refractivity contribution in [3.63, 3.8) is 0 Å². The molecule has 0 bridgehead atoms. The van der Waals surface area contributed by atoms with Crippen molar-refractivity contribution in [2.45, 2.75) is 51.9 Å². The maximum atomic E-state index is 12.8. The summed E-state index contributed by atoms with van der Waals surface area (Å²) in [5.41, 5.74) is 0.627. The minimum absolute atomic E-state index is 0.00511. The van der Waals surface area contributed by atoms with Gasteiger partial charge in [0.2, 0.25) is 17.7 Å². The Kier molecular flexibility index (Phi) is 9.47. The summed E-state index contributed by atoms with van der Waals surface area (Å²) in [5, 5.41) is 5.34. The number of rotatable bonds is 10. The number of nitrogens with zero attached hydrogens (tertiary/aromatic N) is 1. The Labute approximate surface area is 173 Å². The summed E-state index contributed by atoms with van der Waals surface area (Å²) in [5.74, 6) is 0.186. The van der Waals surface area contributed by atoms with Crippen LogP contribution in [0.3, 0.4) is 0 Å². The second-order valence-electron chi connectivity index (χ2n) is 7.50. The van der Waals surface area contributed by atoms with Crippen molar-refractivity contribution >= 4 is 23.4 Å². The summed E-state index contributed by atoms with van der Waals surface area (Å²) in [6.45, 7) is 2.51. The number of methoxy groups -OCH3 is 1. The van der Waals surface area contributed by atoms with Crippen molar-refractivity contribution < 1.29 is 19.1 Å². The molecule has 7 nitrogen and oxygen atoms in total. The van der Waals surface area contributed by atoms with Crippen LogP contribution in [-0.4, -0.2) is 49.4 Å². The van der Waals surface area contributed by atoms with Gasteiger partial charge < -0.3 is 20.3 Å². The van der Waals surface area contributed by atoms with Gasteiger partial charge in [0.15, 0.2) is 0 Å². The smallest absolute Gasteiger partial charge is 0.243 e. The Hall–Kier alpha value is -2.57. The van der Waals surface area contributed by atoms with E-state index in [1.54, 1.807) is 36.3 Å². The zero-order valence-corrected chi connectivity index (χ0v) is 17.5. The molecule has 1 aliphatic rings. The number of carbonyl (C=O) groups excluding carboxylic acids is 3. The fourth-order valence-corrected chi connectivity index (χ4v) is 3.51. The van der Waals surface area contributed by atoms with Crippen molar-refractivity contribution in [1.82, 2.24) is 10.2 Å². The van der Waals surface area contributed by atoms with Gasteiger partial charge in [-0.1, -0.05) is 32.6 Å². The van der Waals surface area contributed by atoms with Gasteiger partial charge in [-0.15, -0.1) is 0 Å². The second kappa shape index (κ2) is 12.1. The average Bonchev–Trinajstić information content (AvgIpc) is 2.76. The van der Waals surface area contributed by atoms with Gasteiger partial charge in [-0.25, -0.2) is 0 Å². The average molecular weight is 404 g/mol. The van der Waals surface area contributed by atoms with Crippen molar-refractivity contribution in [2.24, 2.45) is 5.92 Å². The number of hydrogen-bond donors (Lipinski definition) is 2. The van der Waals surface area contributed by atoms with Crippen LogP contribution in [0.5, 0.6) is 5.75 Å². The van der Waals surface area contributed by atoms with Gasteiger partial charge in [-0.2, -0.15) is 0 Å². The highest BCUT2D eigenvalue weighted by Crippen LogP contribution is 2.25. The summed E-state index contributed by atoms with van der Waals surface area (Å²) in [6.07, 6.45) is 6.98. The van der Waals surface area contributed by atoms with Crippen LogP contribution in [0.1, 0.15) is 51.9 Å². The van der Waals surface area contributed by atoms with Crippen LogP contribution in [0.15, 0.2) is 24.3 Å². The fraction of sp³-hybridized carbons (Fsp3) is 0.591. The molecule has 0 saturated heterocycles. The molecule has 0 radical (unpaired) electrons. The lowest BCUT2D eigenvalue weighted by Gasteiger charge is -2.29. The molecule has 160 valence electrons. The summed E-state index contributed by atoms with van der Waals surface area (Å²) in [7, 11) is 1.58. The van der Waals surface area contributed by atoms with Gasteiger partial charge in [0.25, 0.3) is 0 Å².